The van der Waals surface area contributed by atoms with Crippen molar-refractivity contribution in [3.8, 4) is 44.5 Å². The van der Waals surface area contributed by atoms with E-state index in [-0.39, 0.29) is 23.0 Å². The molecule has 1 aliphatic carbocycles. The predicted molar refractivity (Wildman–Crippen MR) is 356 cm³/mol. The Morgan fingerprint density at radius 3 is 1.42 bits per heavy atom. The summed E-state index contributed by atoms with van der Waals surface area (Å²) in [5, 5.41) is 0. The molecule has 0 unspecified atom stereocenters. The van der Waals surface area contributed by atoms with Crippen molar-refractivity contribution in [2.24, 2.45) is 0 Å². The zero-order chi connectivity index (χ0) is 57.1. The van der Waals surface area contributed by atoms with Crippen molar-refractivity contribution in [3.63, 3.8) is 0 Å². The van der Waals surface area contributed by atoms with Crippen LogP contribution in [-0.4, -0.2) is 6.71 Å². The summed E-state index contributed by atoms with van der Waals surface area (Å²) in [5.41, 5.74) is 31.5. The van der Waals surface area contributed by atoms with Gasteiger partial charge in [-0.05, 0) is 186 Å². The first kappa shape index (κ1) is 52.0. The van der Waals surface area contributed by atoms with Crippen molar-refractivity contribution in [1.82, 2.24) is 0 Å². The first-order valence-electron chi connectivity index (χ1n) is 29.6. The molecule has 0 radical (unpaired) electrons. The van der Waals surface area contributed by atoms with Gasteiger partial charge in [-0.2, -0.15) is 0 Å². The fraction of sp³-hybridized carbons (Fsp3) is 0.165. The van der Waals surface area contributed by atoms with Gasteiger partial charge < -0.3 is 14.7 Å². The Balaban J connectivity index is 1.06. The summed E-state index contributed by atoms with van der Waals surface area (Å²) in [6.45, 7) is 23.2. The van der Waals surface area contributed by atoms with Crippen molar-refractivity contribution >= 4 is 74.3 Å². The van der Waals surface area contributed by atoms with Gasteiger partial charge in [0, 0.05) is 56.6 Å². The molecular formula is C79H70BN3. The summed E-state index contributed by atoms with van der Waals surface area (Å²) in [4.78, 5) is 7.76. The molecule has 404 valence electrons. The van der Waals surface area contributed by atoms with E-state index in [4.69, 9.17) is 0 Å². The molecule has 3 aliphatic rings. The van der Waals surface area contributed by atoms with Gasteiger partial charge in [-0.1, -0.05) is 231 Å². The molecule has 3 nitrogen and oxygen atoms in total. The minimum absolute atomic E-state index is 0.0207. The largest absolute Gasteiger partial charge is 0.311 e. The third kappa shape index (κ3) is 8.72. The van der Waals surface area contributed by atoms with Crippen molar-refractivity contribution in [1.29, 1.82) is 0 Å². The number of benzene rings is 11. The van der Waals surface area contributed by atoms with Gasteiger partial charge in [-0.25, -0.2) is 0 Å². The van der Waals surface area contributed by atoms with E-state index in [0.29, 0.717) is 0 Å². The summed E-state index contributed by atoms with van der Waals surface area (Å²) >= 11 is 0. The highest BCUT2D eigenvalue weighted by atomic mass is 15.2. The number of aryl methyl sites for hydroxylation is 2. The Morgan fingerprint density at radius 1 is 0.361 bits per heavy atom. The van der Waals surface area contributed by atoms with Crippen molar-refractivity contribution in [2.45, 2.75) is 85.5 Å². The van der Waals surface area contributed by atoms with Gasteiger partial charge in [0.25, 0.3) is 6.71 Å². The summed E-state index contributed by atoms with van der Waals surface area (Å²) in [6, 6.07) is 91.9. The van der Waals surface area contributed by atoms with E-state index in [9.17, 15) is 0 Å². The monoisotopic (exact) mass is 1070 g/mol. The zero-order valence-corrected chi connectivity index (χ0v) is 49.5. The van der Waals surface area contributed by atoms with Crippen LogP contribution in [0.3, 0.4) is 0 Å². The first-order chi connectivity index (χ1) is 40.0. The van der Waals surface area contributed by atoms with Gasteiger partial charge in [-0.3, -0.25) is 0 Å². The highest BCUT2D eigenvalue weighted by Crippen LogP contribution is 2.53. The number of hydrogen-bond acceptors (Lipinski definition) is 3. The highest BCUT2D eigenvalue weighted by molar-refractivity contribution is 7.00. The van der Waals surface area contributed by atoms with Crippen LogP contribution in [0, 0.1) is 13.8 Å². The van der Waals surface area contributed by atoms with Crippen LogP contribution in [0.2, 0.25) is 0 Å². The zero-order valence-electron chi connectivity index (χ0n) is 49.5. The number of hydrogen-bond donors (Lipinski definition) is 0. The fourth-order valence-corrected chi connectivity index (χ4v) is 13.6. The lowest BCUT2D eigenvalue weighted by Gasteiger charge is -2.45. The van der Waals surface area contributed by atoms with Crippen LogP contribution in [0.15, 0.2) is 243 Å². The second-order valence-electron chi connectivity index (χ2n) is 25.9. The van der Waals surface area contributed by atoms with Gasteiger partial charge >= 0.3 is 0 Å². The van der Waals surface area contributed by atoms with E-state index in [1.807, 2.05) is 0 Å². The number of nitrogens with zero attached hydrogens (tertiary/aromatic N) is 3. The maximum atomic E-state index is 2.61. The van der Waals surface area contributed by atoms with E-state index < -0.39 is 0 Å². The average Bonchev–Trinajstić information content (AvgIpc) is 1.24. The smallest absolute Gasteiger partial charge is 0.252 e. The molecular weight excluding hydrogens is 1000 g/mol. The van der Waals surface area contributed by atoms with Crippen LogP contribution in [0.4, 0.5) is 51.2 Å². The van der Waals surface area contributed by atoms with Crippen LogP contribution < -0.4 is 31.1 Å². The number of fused-ring (bicyclic) bond motifs is 7. The fourth-order valence-electron chi connectivity index (χ4n) is 13.6. The van der Waals surface area contributed by atoms with Crippen molar-refractivity contribution in [3.05, 3.63) is 276 Å². The lowest BCUT2D eigenvalue weighted by molar-refractivity contribution is 0.590. The van der Waals surface area contributed by atoms with E-state index >= 15 is 0 Å². The van der Waals surface area contributed by atoms with Crippen molar-refractivity contribution < 1.29 is 0 Å². The van der Waals surface area contributed by atoms with E-state index in [1.54, 1.807) is 0 Å². The lowest BCUT2D eigenvalue weighted by atomic mass is 9.33. The molecule has 0 N–H and O–H groups in total. The second-order valence-corrected chi connectivity index (χ2v) is 25.9. The number of rotatable bonds is 8. The van der Waals surface area contributed by atoms with Crippen LogP contribution in [-0.2, 0) is 16.2 Å². The average molecular weight is 1070 g/mol. The molecule has 0 aromatic heterocycles. The lowest BCUT2D eigenvalue weighted by Crippen LogP contribution is -2.61. The van der Waals surface area contributed by atoms with Crippen molar-refractivity contribution in [2.75, 3.05) is 14.7 Å². The van der Waals surface area contributed by atoms with E-state index in [2.05, 4.69) is 327 Å². The van der Waals surface area contributed by atoms with Crippen LogP contribution >= 0.6 is 0 Å². The molecule has 0 saturated carbocycles. The van der Waals surface area contributed by atoms with Gasteiger partial charge in [0.05, 0.1) is 0 Å². The third-order valence-corrected chi connectivity index (χ3v) is 18.2. The molecule has 14 rings (SSSR count). The van der Waals surface area contributed by atoms with E-state index in [0.717, 1.165) is 22.7 Å². The van der Waals surface area contributed by atoms with Crippen LogP contribution in [0.1, 0.15) is 88.8 Å². The second kappa shape index (κ2) is 19.5. The molecule has 0 fully saturated rings. The Morgan fingerprint density at radius 2 is 0.855 bits per heavy atom. The minimum atomic E-state index is -0.186. The molecule has 4 heteroatoms. The molecule has 2 heterocycles. The Kier molecular flexibility index (Phi) is 12.2. The first-order valence-corrected chi connectivity index (χ1v) is 29.6. The van der Waals surface area contributed by atoms with Gasteiger partial charge in [0.1, 0.15) is 0 Å². The van der Waals surface area contributed by atoms with Crippen LogP contribution in [0.5, 0.6) is 0 Å². The van der Waals surface area contributed by atoms with Crippen LogP contribution in [0.25, 0.3) is 44.5 Å². The summed E-state index contributed by atoms with van der Waals surface area (Å²) in [6.07, 6.45) is 0. The molecule has 11 aromatic carbocycles. The molecule has 0 bridgehead atoms. The van der Waals surface area contributed by atoms with E-state index in [1.165, 1.54) is 123 Å². The van der Waals surface area contributed by atoms with Gasteiger partial charge in [0.15, 0.2) is 0 Å². The minimum Gasteiger partial charge on any atom is -0.311 e. The molecule has 83 heavy (non-hydrogen) atoms. The molecule has 0 amide bonds. The number of anilines is 9. The normalized spacial score (nSPS) is 13.7. The molecule has 0 saturated heterocycles. The molecule has 11 aromatic rings. The third-order valence-electron chi connectivity index (χ3n) is 18.2. The quantitative estimate of drug-likeness (QED) is 0.140. The maximum Gasteiger partial charge on any atom is 0.252 e. The maximum absolute atomic E-state index is 2.61. The summed E-state index contributed by atoms with van der Waals surface area (Å²) in [7, 11) is 0. The molecule has 0 spiro atoms. The van der Waals surface area contributed by atoms with Gasteiger partial charge in [0.2, 0.25) is 0 Å². The summed E-state index contributed by atoms with van der Waals surface area (Å²) in [5.74, 6) is 0. The molecule has 2 aliphatic heterocycles. The summed E-state index contributed by atoms with van der Waals surface area (Å²) < 4.78 is 0. The topological polar surface area (TPSA) is 9.72 Å². The Bertz CT molecular complexity index is 4250. The highest BCUT2D eigenvalue weighted by Gasteiger charge is 2.45. The Hall–Kier alpha value is -9.12. The van der Waals surface area contributed by atoms with Gasteiger partial charge in [-0.15, -0.1) is 0 Å². The molecule has 0 atom stereocenters. The standard InChI is InChI=1S/C79H70BN3/c1-51-30-32-57(54-24-16-12-17-25-54)45-71(51)83(72-46-58(33-31-52(72)2)55-26-18-13-19-27-55)63-40-42-68-73(50-63)81(61-37-35-59(36-38-61)77(3,4)5)74-47-60(78(6,7)8)48-75-76(74)80(68)69-44-56(53-22-14-11-15-23-53)34-43-70(69)82(75)62-39-41-65-64-28-20-21-29-66(64)79(9,10)67(65)49-62/h11-50H,1-10H3. The predicted octanol–water partition coefficient (Wildman–Crippen LogP) is 19.8. The Labute approximate surface area is 492 Å². The SMILES string of the molecule is Cc1ccc(-c2ccccc2)cc1N(c1ccc2c(c1)N(c1ccc(C(C)(C)C)cc1)c1cc(C(C)(C)C)cc3c1B2c1cc(-c2ccccc2)ccc1N3c1ccc2c(c1)C(C)(C)c1ccccc1-2)c1cc(-c2ccccc2)ccc1C.